The van der Waals surface area contributed by atoms with Gasteiger partial charge < -0.3 is 19.9 Å². The summed E-state index contributed by atoms with van der Waals surface area (Å²) in [6.07, 6.45) is -0.701. The Kier molecular flexibility index (Phi) is 6.76. The molecule has 0 spiro atoms. The highest BCUT2D eigenvalue weighted by Crippen LogP contribution is 2.19. The molecule has 0 aliphatic heterocycles. The molecule has 0 radical (unpaired) electrons. The SMILES string of the molecule is CC(C)(C)OC(=O)N[C@H](Cc1ccc(O)cc1)C(=O)Oc1ccc([N+](=O)[O-])cc1. The third-order valence-corrected chi connectivity index (χ3v) is 3.62. The molecule has 0 fully saturated rings. The van der Waals surface area contributed by atoms with Crippen molar-refractivity contribution in [2.45, 2.75) is 38.8 Å². The van der Waals surface area contributed by atoms with Crippen LogP contribution in [0.2, 0.25) is 0 Å². The lowest BCUT2D eigenvalue weighted by Crippen LogP contribution is -2.46. The summed E-state index contributed by atoms with van der Waals surface area (Å²) in [6, 6.07) is 10.1. The Morgan fingerprint density at radius 1 is 1.10 bits per heavy atom. The molecule has 9 nitrogen and oxygen atoms in total. The number of carbonyl (C=O) groups excluding carboxylic acids is 2. The van der Waals surface area contributed by atoms with Crippen LogP contribution in [0.1, 0.15) is 26.3 Å². The predicted octanol–water partition coefficient (Wildman–Crippen LogP) is 3.34. The van der Waals surface area contributed by atoms with Crippen molar-refractivity contribution in [2.24, 2.45) is 0 Å². The monoisotopic (exact) mass is 402 g/mol. The molecule has 2 rings (SSSR count). The Hall–Kier alpha value is -3.62. The smallest absolute Gasteiger partial charge is 0.408 e. The van der Waals surface area contributed by atoms with Gasteiger partial charge in [-0.05, 0) is 50.6 Å². The number of esters is 1. The lowest BCUT2D eigenvalue weighted by Gasteiger charge is -2.23. The fraction of sp³-hybridized carbons (Fsp3) is 0.300. The third kappa shape index (κ3) is 7.13. The Labute approximate surface area is 167 Å². The van der Waals surface area contributed by atoms with Gasteiger partial charge in [-0.25, -0.2) is 9.59 Å². The molecule has 0 unspecified atom stereocenters. The first-order chi connectivity index (χ1) is 13.5. The number of alkyl carbamates (subject to hydrolysis) is 1. The zero-order chi connectivity index (χ0) is 21.6. The van der Waals surface area contributed by atoms with E-state index in [9.17, 15) is 24.8 Å². The summed E-state index contributed by atoms with van der Waals surface area (Å²) in [6.45, 7) is 5.07. The molecule has 2 aromatic rings. The number of carbonyl (C=O) groups is 2. The van der Waals surface area contributed by atoms with Crippen molar-refractivity contribution < 1.29 is 29.1 Å². The van der Waals surface area contributed by atoms with E-state index in [1.54, 1.807) is 32.9 Å². The highest BCUT2D eigenvalue weighted by molar-refractivity contribution is 5.83. The van der Waals surface area contributed by atoms with Crippen LogP contribution in [-0.2, 0) is 16.0 Å². The number of nitrogens with one attached hydrogen (secondary N) is 1. The van der Waals surface area contributed by atoms with Gasteiger partial charge in [-0.1, -0.05) is 12.1 Å². The quantitative estimate of drug-likeness (QED) is 0.328. The van der Waals surface area contributed by atoms with Gasteiger partial charge >= 0.3 is 12.1 Å². The summed E-state index contributed by atoms with van der Waals surface area (Å²) in [7, 11) is 0. The van der Waals surface area contributed by atoms with Crippen molar-refractivity contribution in [3.8, 4) is 11.5 Å². The van der Waals surface area contributed by atoms with Crippen LogP contribution in [0, 0.1) is 10.1 Å². The minimum absolute atomic E-state index is 0.0684. The topological polar surface area (TPSA) is 128 Å². The Balaban J connectivity index is 2.15. The zero-order valence-corrected chi connectivity index (χ0v) is 16.2. The van der Waals surface area contributed by atoms with E-state index in [4.69, 9.17) is 9.47 Å². The number of non-ortho nitro benzene ring substituents is 1. The number of ether oxygens (including phenoxy) is 2. The van der Waals surface area contributed by atoms with Crippen LogP contribution < -0.4 is 10.1 Å². The normalized spacial score (nSPS) is 12.0. The standard InChI is InChI=1S/C20H22N2O7/c1-20(2,3)29-19(25)21-17(12-13-4-8-15(23)9-5-13)18(24)28-16-10-6-14(7-11-16)22(26)27/h4-11,17,23H,12H2,1-3H3,(H,21,25)/t17-/m1/s1. The van der Waals surface area contributed by atoms with Crippen molar-refractivity contribution in [3.05, 3.63) is 64.2 Å². The lowest BCUT2D eigenvalue weighted by atomic mass is 10.1. The Bertz CT molecular complexity index is 871. The van der Waals surface area contributed by atoms with Crippen LogP contribution in [0.3, 0.4) is 0 Å². The number of nitro benzene ring substituents is 1. The van der Waals surface area contributed by atoms with E-state index >= 15 is 0 Å². The Morgan fingerprint density at radius 2 is 1.69 bits per heavy atom. The highest BCUT2D eigenvalue weighted by Gasteiger charge is 2.26. The summed E-state index contributed by atoms with van der Waals surface area (Å²) < 4.78 is 10.5. The molecular weight excluding hydrogens is 380 g/mol. The van der Waals surface area contributed by atoms with Gasteiger partial charge in [0.05, 0.1) is 4.92 Å². The molecule has 0 aliphatic carbocycles. The largest absolute Gasteiger partial charge is 0.508 e. The second-order valence-electron chi connectivity index (χ2n) is 7.24. The van der Waals surface area contributed by atoms with Gasteiger partial charge in [0.25, 0.3) is 5.69 Å². The van der Waals surface area contributed by atoms with Gasteiger partial charge in [-0.2, -0.15) is 0 Å². The summed E-state index contributed by atoms with van der Waals surface area (Å²) in [5.41, 5.74) is -0.225. The summed E-state index contributed by atoms with van der Waals surface area (Å²) in [5, 5.41) is 22.6. The van der Waals surface area contributed by atoms with Crippen molar-refractivity contribution in [1.29, 1.82) is 0 Å². The molecule has 1 atom stereocenters. The van der Waals surface area contributed by atoms with E-state index in [1.807, 2.05) is 0 Å². The summed E-state index contributed by atoms with van der Waals surface area (Å²) in [5.74, 6) is -0.598. The van der Waals surface area contributed by atoms with Gasteiger partial charge in [0, 0.05) is 18.6 Å². The number of nitro groups is 1. The van der Waals surface area contributed by atoms with Gasteiger partial charge in [-0.15, -0.1) is 0 Å². The number of phenols is 1. The first-order valence-corrected chi connectivity index (χ1v) is 8.77. The van der Waals surface area contributed by atoms with Crippen LogP contribution in [0.4, 0.5) is 10.5 Å². The first kappa shape index (κ1) is 21.7. The average Bonchev–Trinajstić information content (AvgIpc) is 2.62. The van der Waals surface area contributed by atoms with Gasteiger partial charge in [0.2, 0.25) is 0 Å². The fourth-order valence-electron chi connectivity index (χ4n) is 2.33. The van der Waals surface area contributed by atoms with Gasteiger partial charge in [-0.3, -0.25) is 10.1 Å². The third-order valence-electron chi connectivity index (χ3n) is 3.62. The van der Waals surface area contributed by atoms with Crippen LogP contribution in [0.25, 0.3) is 0 Å². The molecule has 2 N–H and O–H groups in total. The van der Waals surface area contributed by atoms with Crippen LogP contribution in [0.15, 0.2) is 48.5 Å². The summed E-state index contributed by atoms with van der Waals surface area (Å²) in [4.78, 5) is 34.9. The summed E-state index contributed by atoms with van der Waals surface area (Å²) >= 11 is 0. The molecule has 0 saturated carbocycles. The van der Waals surface area contributed by atoms with Gasteiger partial charge in [0.15, 0.2) is 0 Å². The highest BCUT2D eigenvalue weighted by atomic mass is 16.6. The molecule has 1 amide bonds. The molecule has 0 aliphatic rings. The number of rotatable bonds is 6. The van der Waals surface area contributed by atoms with E-state index < -0.39 is 28.6 Å². The zero-order valence-electron chi connectivity index (χ0n) is 16.2. The maximum Gasteiger partial charge on any atom is 0.408 e. The van der Waals surface area contributed by atoms with Crippen LogP contribution in [-0.4, -0.2) is 33.7 Å². The number of phenolic OH excluding ortho intramolecular Hbond substituents is 1. The van der Waals surface area contributed by atoms with Crippen molar-refractivity contribution in [2.75, 3.05) is 0 Å². The second kappa shape index (κ2) is 9.05. The van der Waals surface area contributed by atoms with Crippen LogP contribution in [0.5, 0.6) is 11.5 Å². The molecule has 0 aromatic heterocycles. The van der Waals surface area contributed by atoms with Crippen molar-refractivity contribution in [3.63, 3.8) is 0 Å². The van der Waals surface area contributed by atoms with E-state index in [1.165, 1.54) is 36.4 Å². The van der Waals surface area contributed by atoms with Crippen molar-refractivity contribution in [1.82, 2.24) is 5.32 Å². The van der Waals surface area contributed by atoms with E-state index in [-0.39, 0.29) is 23.6 Å². The molecule has 154 valence electrons. The number of amides is 1. The van der Waals surface area contributed by atoms with E-state index in [2.05, 4.69) is 5.32 Å². The number of hydrogen-bond donors (Lipinski definition) is 2. The molecule has 29 heavy (non-hydrogen) atoms. The molecule has 0 heterocycles. The number of nitrogens with zero attached hydrogens (tertiary/aromatic N) is 1. The molecule has 9 heteroatoms. The van der Waals surface area contributed by atoms with E-state index in [0.717, 1.165) is 0 Å². The predicted molar refractivity (Wildman–Crippen MR) is 104 cm³/mol. The number of aromatic hydroxyl groups is 1. The van der Waals surface area contributed by atoms with Crippen LogP contribution >= 0.6 is 0 Å². The lowest BCUT2D eigenvalue weighted by molar-refractivity contribution is -0.384. The molecular formula is C20H22N2O7. The second-order valence-corrected chi connectivity index (χ2v) is 7.24. The number of hydrogen-bond acceptors (Lipinski definition) is 7. The van der Waals surface area contributed by atoms with Gasteiger partial charge in [0.1, 0.15) is 23.1 Å². The first-order valence-electron chi connectivity index (χ1n) is 8.77. The molecule has 0 saturated heterocycles. The fourth-order valence-corrected chi connectivity index (χ4v) is 2.33. The number of benzene rings is 2. The maximum atomic E-state index is 12.6. The van der Waals surface area contributed by atoms with Crippen molar-refractivity contribution >= 4 is 17.7 Å². The van der Waals surface area contributed by atoms with E-state index in [0.29, 0.717) is 5.56 Å². The average molecular weight is 402 g/mol. The molecule has 2 aromatic carbocycles. The minimum atomic E-state index is -1.08. The Morgan fingerprint density at radius 3 is 2.21 bits per heavy atom. The molecule has 0 bridgehead atoms. The minimum Gasteiger partial charge on any atom is -0.508 e. The maximum absolute atomic E-state index is 12.6.